The summed E-state index contributed by atoms with van der Waals surface area (Å²) in [6.07, 6.45) is 1.69. The molecule has 0 radical (unpaired) electrons. The maximum absolute atomic E-state index is 11.5. The molecular formula is C14H20N2O2. The Bertz CT molecular complexity index is 403. The lowest BCUT2D eigenvalue weighted by Gasteiger charge is -2.12. The number of amides is 2. The quantitative estimate of drug-likeness (QED) is 0.760. The first-order valence-electron chi connectivity index (χ1n) is 5.99. The molecule has 0 bridgehead atoms. The normalized spacial score (nSPS) is 9.94. The highest BCUT2D eigenvalue weighted by Gasteiger charge is 2.05. The molecule has 0 aliphatic carbocycles. The number of hydrogen-bond donors (Lipinski definition) is 2. The summed E-state index contributed by atoms with van der Waals surface area (Å²) in [5.74, 6) is 0.766. The van der Waals surface area contributed by atoms with E-state index in [1.54, 1.807) is 6.08 Å². The van der Waals surface area contributed by atoms with E-state index in [-0.39, 0.29) is 12.1 Å². The zero-order valence-electron chi connectivity index (χ0n) is 10.9. The van der Waals surface area contributed by atoms with Crippen LogP contribution in [0.5, 0.6) is 5.75 Å². The Morgan fingerprint density at radius 2 is 2.17 bits per heavy atom. The lowest BCUT2D eigenvalue weighted by molar-refractivity contribution is 0.238. The first kappa shape index (κ1) is 14.1. The first-order chi connectivity index (χ1) is 8.63. The Balaban J connectivity index is 2.55. The van der Waals surface area contributed by atoms with Crippen LogP contribution in [0.4, 0.5) is 4.79 Å². The van der Waals surface area contributed by atoms with Crippen molar-refractivity contribution in [1.82, 2.24) is 10.6 Å². The van der Waals surface area contributed by atoms with E-state index < -0.39 is 0 Å². The van der Waals surface area contributed by atoms with E-state index in [2.05, 4.69) is 17.2 Å². The summed E-state index contributed by atoms with van der Waals surface area (Å²) in [5, 5.41) is 5.56. The summed E-state index contributed by atoms with van der Waals surface area (Å²) in [5.41, 5.74) is 0.943. The van der Waals surface area contributed by atoms with Crippen molar-refractivity contribution in [2.45, 2.75) is 26.4 Å². The van der Waals surface area contributed by atoms with Crippen LogP contribution in [0.25, 0.3) is 0 Å². The second kappa shape index (κ2) is 7.37. The standard InChI is InChI=1S/C14H20N2O2/c1-4-9-18-13-8-6-5-7-12(13)10-15-14(17)16-11(2)3/h4-8,11H,1,9-10H2,2-3H3,(H2,15,16,17). The highest BCUT2D eigenvalue weighted by atomic mass is 16.5. The molecule has 0 saturated carbocycles. The van der Waals surface area contributed by atoms with Crippen LogP contribution in [0, 0.1) is 0 Å². The number of urea groups is 1. The molecule has 0 fully saturated rings. The van der Waals surface area contributed by atoms with Crippen molar-refractivity contribution >= 4 is 6.03 Å². The minimum atomic E-state index is -0.177. The molecule has 2 N–H and O–H groups in total. The Morgan fingerprint density at radius 1 is 1.44 bits per heavy atom. The molecule has 0 atom stereocenters. The summed E-state index contributed by atoms with van der Waals surface area (Å²) in [6.45, 7) is 8.33. The Labute approximate surface area is 108 Å². The zero-order chi connectivity index (χ0) is 13.4. The van der Waals surface area contributed by atoms with Gasteiger partial charge in [-0.1, -0.05) is 30.9 Å². The van der Waals surface area contributed by atoms with Gasteiger partial charge >= 0.3 is 6.03 Å². The van der Waals surface area contributed by atoms with E-state index in [1.165, 1.54) is 0 Å². The number of rotatable bonds is 6. The Kier molecular flexibility index (Phi) is 5.77. The second-order valence-corrected chi connectivity index (χ2v) is 4.19. The van der Waals surface area contributed by atoms with E-state index in [9.17, 15) is 4.79 Å². The number of benzene rings is 1. The zero-order valence-corrected chi connectivity index (χ0v) is 10.9. The van der Waals surface area contributed by atoms with E-state index >= 15 is 0 Å². The smallest absolute Gasteiger partial charge is 0.315 e. The predicted molar refractivity (Wildman–Crippen MR) is 72.6 cm³/mol. The van der Waals surface area contributed by atoms with Gasteiger partial charge in [-0.3, -0.25) is 0 Å². The third-order valence-electron chi connectivity index (χ3n) is 2.19. The molecule has 1 rings (SSSR count). The summed E-state index contributed by atoms with van der Waals surface area (Å²) < 4.78 is 5.51. The third-order valence-corrected chi connectivity index (χ3v) is 2.19. The largest absolute Gasteiger partial charge is 0.489 e. The topological polar surface area (TPSA) is 50.4 Å². The van der Waals surface area contributed by atoms with Crippen molar-refractivity contribution in [2.24, 2.45) is 0 Å². The van der Waals surface area contributed by atoms with Crippen molar-refractivity contribution in [2.75, 3.05) is 6.61 Å². The molecule has 0 heterocycles. The Morgan fingerprint density at radius 3 is 2.83 bits per heavy atom. The highest BCUT2D eigenvalue weighted by molar-refractivity contribution is 5.74. The number of carbonyl (C=O) groups excluding carboxylic acids is 1. The molecule has 4 heteroatoms. The van der Waals surface area contributed by atoms with Crippen molar-refractivity contribution in [3.05, 3.63) is 42.5 Å². The van der Waals surface area contributed by atoms with Crippen LogP contribution in [0.15, 0.2) is 36.9 Å². The molecule has 0 spiro atoms. The maximum atomic E-state index is 11.5. The van der Waals surface area contributed by atoms with Gasteiger partial charge in [0.1, 0.15) is 12.4 Å². The molecule has 0 unspecified atom stereocenters. The van der Waals surface area contributed by atoms with Gasteiger partial charge in [0, 0.05) is 18.2 Å². The van der Waals surface area contributed by atoms with Gasteiger partial charge in [0.15, 0.2) is 0 Å². The fourth-order valence-corrected chi connectivity index (χ4v) is 1.43. The lowest BCUT2D eigenvalue weighted by atomic mass is 10.2. The number of carbonyl (C=O) groups is 1. The van der Waals surface area contributed by atoms with Crippen molar-refractivity contribution in [3.63, 3.8) is 0 Å². The van der Waals surface area contributed by atoms with Crippen molar-refractivity contribution < 1.29 is 9.53 Å². The molecule has 0 aliphatic heterocycles. The summed E-state index contributed by atoms with van der Waals surface area (Å²) in [4.78, 5) is 11.5. The fraction of sp³-hybridized carbons (Fsp3) is 0.357. The average molecular weight is 248 g/mol. The number of ether oxygens (including phenoxy) is 1. The van der Waals surface area contributed by atoms with Gasteiger partial charge in [-0.05, 0) is 19.9 Å². The van der Waals surface area contributed by atoms with Gasteiger partial charge in [0.25, 0.3) is 0 Å². The molecule has 1 aromatic carbocycles. The highest BCUT2D eigenvalue weighted by Crippen LogP contribution is 2.17. The summed E-state index contributed by atoms with van der Waals surface area (Å²) >= 11 is 0. The second-order valence-electron chi connectivity index (χ2n) is 4.19. The van der Waals surface area contributed by atoms with Gasteiger partial charge < -0.3 is 15.4 Å². The first-order valence-corrected chi connectivity index (χ1v) is 5.99. The van der Waals surface area contributed by atoms with Gasteiger partial charge in [-0.15, -0.1) is 0 Å². The van der Waals surface area contributed by atoms with Crippen LogP contribution in [-0.4, -0.2) is 18.7 Å². The van der Waals surface area contributed by atoms with Crippen molar-refractivity contribution in [3.8, 4) is 5.75 Å². The third kappa shape index (κ3) is 4.91. The maximum Gasteiger partial charge on any atom is 0.315 e. The van der Waals surface area contributed by atoms with Gasteiger partial charge in [0.2, 0.25) is 0 Å². The van der Waals surface area contributed by atoms with Crippen LogP contribution in [0.2, 0.25) is 0 Å². The molecule has 4 nitrogen and oxygen atoms in total. The number of nitrogens with one attached hydrogen (secondary N) is 2. The lowest BCUT2D eigenvalue weighted by Crippen LogP contribution is -2.39. The average Bonchev–Trinajstić information content (AvgIpc) is 2.34. The van der Waals surface area contributed by atoms with Crippen LogP contribution in [-0.2, 0) is 6.54 Å². The molecule has 1 aromatic rings. The van der Waals surface area contributed by atoms with Gasteiger partial charge in [0.05, 0.1) is 0 Å². The van der Waals surface area contributed by atoms with Crippen molar-refractivity contribution in [1.29, 1.82) is 0 Å². The van der Waals surface area contributed by atoms with E-state index in [0.717, 1.165) is 11.3 Å². The van der Waals surface area contributed by atoms with E-state index in [0.29, 0.717) is 13.2 Å². The minimum Gasteiger partial charge on any atom is -0.489 e. The van der Waals surface area contributed by atoms with Crippen LogP contribution in [0.1, 0.15) is 19.4 Å². The molecule has 2 amide bonds. The molecular weight excluding hydrogens is 228 g/mol. The van der Waals surface area contributed by atoms with E-state index in [4.69, 9.17) is 4.74 Å². The van der Waals surface area contributed by atoms with Crippen LogP contribution >= 0.6 is 0 Å². The SMILES string of the molecule is C=CCOc1ccccc1CNC(=O)NC(C)C. The van der Waals surface area contributed by atoms with Gasteiger partial charge in [-0.25, -0.2) is 4.79 Å². The van der Waals surface area contributed by atoms with E-state index in [1.807, 2.05) is 38.1 Å². The van der Waals surface area contributed by atoms with Crippen LogP contribution in [0.3, 0.4) is 0 Å². The minimum absolute atomic E-state index is 0.122. The molecule has 0 saturated heterocycles. The van der Waals surface area contributed by atoms with Crippen LogP contribution < -0.4 is 15.4 Å². The molecule has 18 heavy (non-hydrogen) atoms. The predicted octanol–water partition coefficient (Wildman–Crippen LogP) is 2.46. The summed E-state index contributed by atoms with van der Waals surface area (Å²) in [6, 6.07) is 7.56. The van der Waals surface area contributed by atoms with Gasteiger partial charge in [-0.2, -0.15) is 0 Å². The molecule has 0 aromatic heterocycles. The summed E-state index contributed by atoms with van der Waals surface area (Å²) in [7, 11) is 0. The monoisotopic (exact) mass is 248 g/mol. The number of hydrogen-bond acceptors (Lipinski definition) is 2. The number of para-hydroxylation sites is 1. The fourth-order valence-electron chi connectivity index (χ4n) is 1.43. The molecule has 98 valence electrons. The Hall–Kier alpha value is -1.97. The molecule has 0 aliphatic rings.